The van der Waals surface area contributed by atoms with Crippen molar-refractivity contribution >= 4 is 17.2 Å². The molecule has 2 N–H and O–H groups in total. The van der Waals surface area contributed by atoms with E-state index >= 15 is 0 Å². The summed E-state index contributed by atoms with van der Waals surface area (Å²) in [4.78, 5) is 11.7. The summed E-state index contributed by atoms with van der Waals surface area (Å²) in [5.74, 6) is 0.760. The van der Waals surface area contributed by atoms with E-state index in [9.17, 15) is 9.90 Å². The lowest BCUT2D eigenvalue weighted by Gasteiger charge is -2.11. The van der Waals surface area contributed by atoms with E-state index < -0.39 is 6.10 Å². The van der Waals surface area contributed by atoms with Crippen LogP contribution in [0.4, 0.5) is 0 Å². The highest BCUT2D eigenvalue weighted by molar-refractivity contribution is 7.07. The molecule has 1 aromatic carbocycles. The number of thiophene rings is 1. The van der Waals surface area contributed by atoms with Gasteiger partial charge in [0.05, 0.1) is 12.7 Å². The fourth-order valence-electron chi connectivity index (χ4n) is 2.01. The number of aryl methyl sites for hydroxylation is 1. The maximum absolute atomic E-state index is 11.7. The van der Waals surface area contributed by atoms with Crippen molar-refractivity contribution < 1.29 is 14.6 Å². The molecule has 2 rings (SSSR count). The number of hydrogen-bond donors (Lipinski definition) is 2. The topological polar surface area (TPSA) is 58.6 Å². The van der Waals surface area contributed by atoms with Gasteiger partial charge < -0.3 is 15.2 Å². The lowest BCUT2D eigenvalue weighted by molar-refractivity contribution is -0.121. The van der Waals surface area contributed by atoms with Gasteiger partial charge in [-0.2, -0.15) is 11.3 Å². The maximum Gasteiger partial charge on any atom is 0.220 e. The lowest BCUT2D eigenvalue weighted by atomic mass is 10.2. The van der Waals surface area contributed by atoms with E-state index in [0.717, 1.165) is 16.9 Å². The highest BCUT2D eigenvalue weighted by atomic mass is 32.1. The molecule has 1 heterocycles. The quantitative estimate of drug-likeness (QED) is 0.735. The second-order valence-electron chi connectivity index (χ2n) is 5.15. The van der Waals surface area contributed by atoms with Gasteiger partial charge in [-0.1, -0.05) is 12.1 Å². The van der Waals surface area contributed by atoms with Crippen LogP contribution in [0.15, 0.2) is 41.1 Å². The van der Waals surface area contributed by atoms with Gasteiger partial charge in [0, 0.05) is 13.0 Å². The van der Waals surface area contributed by atoms with Crippen LogP contribution in [0.3, 0.4) is 0 Å². The van der Waals surface area contributed by atoms with Crippen LogP contribution in [-0.4, -0.2) is 24.2 Å². The monoisotopic (exact) mass is 319 g/mol. The molecule has 0 saturated carbocycles. The number of amides is 1. The molecule has 4 nitrogen and oxygen atoms in total. The molecule has 22 heavy (non-hydrogen) atoms. The minimum atomic E-state index is -0.640. The number of carbonyl (C=O) groups is 1. The lowest BCUT2D eigenvalue weighted by Crippen LogP contribution is -2.28. The molecule has 1 unspecified atom stereocenters. The van der Waals surface area contributed by atoms with Crippen LogP contribution in [0.2, 0.25) is 0 Å². The predicted octanol–water partition coefficient (Wildman–Crippen LogP) is 3.07. The fraction of sp³-hybridized carbons (Fsp3) is 0.353. The van der Waals surface area contributed by atoms with Gasteiger partial charge in [-0.25, -0.2) is 0 Å². The summed E-state index contributed by atoms with van der Waals surface area (Å²) in [5, 5.41) is 16.4. The van der Waals surface area contributed by atoms with E-state index in [1.165, 1.54) is 11.3 Å². The predicted molar refractivity (Wildman–Crippen MR) is 88.2 cm³/mol. The first kappa shape index (κ1) is 16.5. The molecule has 1 atom stereocenters. The second-order valence-corrected chi connectivity index (χ2v) is 5.93. The van der Waals surface area contributed by atoms with E-state index in [4.69, 9.17) is 4.74 Å². The molecule has 0 aliphatic carbocycles. The van der Waals surface area contributed by atoms with E-state index in [-0.39, 0.29) is 12.5 Å². The second kappa shape index (κ2) is 8.56. The molecule has 0 aliphatic heterocycles. The molecule has 0 fully saturated rings. The standard InChI is InChI=1S/C17H21NO3S/c1-13-4-2-5-15(10-13)21-8-3-6-17(20)18-11-16(19)14-7-9-22-12-14/h2,4-5,7,9-10,12,16,19H,3,6,8,11H2,1H3,(H,18,20). The van der Waals surface area contributed by atoms with Crippen LogP contribution in [0.1, 0.15) is 30.1 Å². The Morgan fingerprint density at radius 2 is 2.27 bits per heavy atom. The Kier molecular flexibility index (Phi) is 6.43. The zero-order chi connectivity index (χ0) is 15.8. The van der Waals surface area contributed by atoms with Crippen molar-refractivity contribution in [3.63, 3.8) is 0 Å². The zero-order valence-electron chi connectivity index (χ0n) is 12.6. The number of ether oxygens (including phenoxy) is 1. The summed E-state index contributed by atoms with van der Waals surface area (Å²) in [7, 11) is 0. The number of hydrogen-bond acceptors (Lipinski definition) is 4. The third-order valence-electron chi connectivity index (χ3n) is 3.23. The van der Waals surface area contributed by atoms with E-state index in [1.54, 1.807) is 0 Å². The fourth-order valence-corrected chi connectivity index (χ4v) is 2.72. The Morgan fingerprint density at radius 1 is 1.41 bits per heavy atom. The number of rotatable bonds is 8. The van der Waals surface area contributed by atoms with Crippen molar-refractivity contribution in [2.45, 2.75) is 25.9 Å². The van der Waals surface area contributed by atoms with Crippen molar-refractivity contribution in [1.82, 2.24) is 5.32 Å². The molecule has 1 aromatic heterocycles. The summed E-state index contributed by atoms with van der Waals surface area (Å²) >= 11 is 1.53. The van der Waals surface area contributed by atoms with Crippen LogP contribution in [-0.2, 0) is 4.79 Å². The smallest absolute Gasteiger partial charge is 0.220 e. The first-order valence-corrected chi connectivity index (χ1v) is 8.26. The summed E-state index contributed by atoms with van der Waals surface area (Å²) in [5.41, 5.74) is 1.99. The third kappa shape index (κ3) is 5.50. The molecule has 1 amide bonds. The molecule has 0 radical (unpaired) electrons. The average Bonchev–Trinajstić information content (AvgIpc) is 3.04. The normalized spacial score (nSPS) is 11.9. The number of aliphatic hydroxyl groups excluding tert-OH is 1. The highest BCUT2D eigenvalue weighted by Crippen LogP contribution is 2.15. The first-order chi connectivity index (χ1) is 10.6. The van der Waals surface area contributed by atoms with Crippen LogP contribution < -0.4 is 10.1 Å². The summed E-state index contributed by atoms with van der Waals surface area (Å²) in [6.45, 7) is 2.76. The zero-order valence-corrected chi connectivity index (χ0v) is 13.4. The first-order valence-electron chi connectivity index (χ1n) is 7.31. The molecular formula is C17H21NO3S. The van der Waals surface area contributed by atoms with Crippen molar-refractivity contribution in [3.05, 3.63) is 52.2 Å². The van der Waals surface area contributed by atoms with Gasteiger partial charge in [-0.3, -0.25) is 4.79 Å². The number of nitrogens with one attached hydrogen (secondary N) is 1. The summed E-state index contributed by atoms with van der Waals surface area (Å²) in [6, 6.07) is 9.70. The Labute approximate surface area is 134 Å². The van der Waals surface area contributed by atoms with Gasteiger partial charge in [0.15, 0.2) is 0 Å². The minimum absolute atomic E-state index is 0.0675. The largest absolute Gasteiger partial charge is 0.494 e. The van der Waals surface area contributed by atoms with Gasteiger partial charge in [0.1, 0.15) is 5.75 Å². The third-order valence-corrected chi connectivity index (χ3v) is 3.93. The molecular weight excluding hydrogens is 298 g/mol. The molecule has 5 heteroatoms. The van der Waals surface area contributed by atoms with Crippen molar-refractivity contribution in [2.75, 3.05) is 13.2 Å². The molecule has 0 aliphatic rings. The van der Waals surface area contributed by atoms with Crippen LogP contribution >= 0.6 is 11.3 Å². The van der Waals surface area contributed by atoms with Gasteiger partial charge >= 0.3 is 0 Å². The van der Waals surface area contributed by atoms with Crippen molar-refractivity contribution in [2.24, 2.45) is 0 Å². The Hall–Kier alpha value is -1.85. The Bertz CT molecular complexity index is 583. The Balaban J connectivity index is 1.60. The van der Waals surface area contributed by atoms with E-state index in [2.05, 4.69) is 5.32 Å². The SMILES string of the molecule is Cc1cccc(OCCCC(=O)NCC(O)c2ccsc2)c1. The number of aliphatic hydroxyl groups is 1. The molecule has 118 valence electrons. The van der Waals surface area contributed by atoms with E-state index in [1.807, 2.05) is 48.0 Å². The van der Waals surface area contributed by atoms with Gasteiger partial charge in [0.2, 0.25) is 5.91 Å². The Morgan fingerprint density at radius 3 is 3.00 bits per heavy atom. The van der Waals surface area contributed by atoms with Crippen molar-refractivity contribution in [1.29, 1.82) is 0 Å². The van der Waals surface area contributed by atoms with Crippen molar-refractivity contribution in [3.8, 4) is 5.75 Å². The van der Waals surface area contributed by atoms with E-state index in [0.29, 0.717) is 19.4 Å². The number of benzene rings is 1. The molecule has 0 spiro atoms. The molecule has 2 aromatic rings. The molecule has 0 saturated heterocycles. The van der Waals surface area contributed by atoms with Crippen LogP contribution in [0, 0.1) is 6.92 Å². The van der Waals surface area contributed by atoms with Gasteiger partial charge in [0.25, 0.3) is 0 Å². The molecule has 0 bridgehead atoms. The minimum Gasteiger partial charge on any atom is -0.494 e. The average molecular weight is 319 g/mol. The van der Waals surface area contributed by atoms with Crippen LogP contribution in [0.25, 0.3) is 0 Å². The summed E-state index contributed by atoms with van der Waals surface area (Å²) in [6.07, 6.45) is 0.398. The van der Waals surface area contributed by atoms with Gasteiger partial charge in [-0.15, -0.1) is 0 Å². The maximum atomic E-state index is 11.7. The summed E-state index contributed by atoms with van der Waals surface area (Å²) < 4.78 is 5.59. The number of carbonyl (C=O) groups excluding carboxylic acids is 1. The van der Waals surface area contributed by atoms with Crippen LogP contribution in [0.5, 0.6) is 5.75 Å². The highest BCUT2D eigenvalue weighted by Gasteiger charge is 2.09. The van der Waals surface area contributed by atoms with Gasteiger partial charge in [-0.05, 0) is 53.4 Å².